The second-order valence-electron chi connectivity index (χ2n) is 7.79. The summed E-state index contributed by atoms with van der Waals surface area (Å²) in [7, 11) is 0. The van der Waals surface area contributed by atoms with Crippen LogP contribution < -0.4 is 15.1 Å². The summed E-state index contributed by atoms with van der Waals surface area (Å²) in [6.45, 7) is 6.20. The summed E-state index contributed by atoms with van der Waals surface area (Å²) in [5.41, 5.74) is 2.60. The number of hydrogen-bond acceptors (Lipinski definition) is 4. The molecule has 1 aliphatic carbocycles. The van der Waals surface area contributed by atoms with Gasteiger partial charge in [0, 0.05) is 24.4 Å². The molecule has 3 rings (SSSR count). The summed E-state index contributed by atoms with van der Waals surface area (Å²) >= 11 is 0. The Hall–Kier alpha value is -2.41. The van der Waals surface area contributed by atoms with Gasteiger partial charge >= 0.3 is 0 Å². The molecule has 1 aromatic carbocycles. The molecule has 7 nitrogen and oxygen atoms in total. The number of allylic oxidation sites excluding steroid dienone is 1. The highest BCUT2D eigenvalue weighted by molar-refractivity contribution is 5.79. The third-order valence-corrected chi connectivity index (χ3v) is 5.97. The number of carbonyl (C=O) groups is 1. The number of nitrogens with zero attached hydrogens (tertiary/aromatic N) is 2. The van der Waals surface area contributed by atoms with Crippen LogP contribution in [0.25, 0.3) is 0 Å². The molecular formula is C21H31N4O3+. The van der Waals surface area contributed by atoms with E-state index in [1.54, 1.807) is 24.3 Å². The SMILES string of the molecule is C[C@@H](C(=O)NCCC1=CCCCC1)[NH+]1CCN(c2ccc([N+](=O)[O-])cc2)CC1. The molecule has 2 aliphatic rings. The molecule has 0 bridgehead atoms. The molecule has 1 amide bonds. The quantitative estimate of drug-likeness (QED) is 0.424. The van der Waals surface area contributed by atoms with Crippen molar-refractivity contribution in [3.63, 3.8) is 0 Å². The molecule has 152 valence electrons. The Kier molecular flexibility index (Phi) is 7.03. The van der Waals surface area contributed by atoms with Crippen LogP contribution in [0.5, 0.6) is 0 Å². The number of piperazine rings is 1. The molecule has 1 atom stereocenters. The molecule has 2 N–H and O–H groups in total. The van der Waals surface area contributed by atoms with Crippen molar-refractivity contribution in [2.24, 2.45) is 0 Å². The van der Waals surface area contributed by atoms with Gasteiger partial charge in [0.05, 0.1) is 31.1 Å². The Morgan fingerprint density at radius 1 is 1.25 bits per heavy atom. The third kappa shape index (κ3) is 5.32. The van der Waals surface area contributed by atoms with E-state index in [9.17, 15) is 14.9 Å². The number of quaternary nitrogens is 1. The van der Waals surface area contributed by atoms with Crippen molar-refractivity contribution in [1.29, 1.82) is 0 Å². The van der Waals surface area contributed by atoms with E-state index in [-0.39, 0.29) is 22.6 Å². The molecule has 28 heavy (non-hydrogen) atoms. The van der Waals surface area contributed by atoms with Gasteiger partial charge in [-0.1, -0.05) is 11.6 Å². The van der Waals surface area contributed by atoms with E-state index in [2.05, 4.69) is 16.3 Å². The monoisotopic (exact) mass is 387 g/mol. The number of amides is 1. The molecule has 1 saturated heterocycles. The Morgan fingerprint density at radius 3 is 2.57 bits per heavy atom. The number of carbonyl (C=O) groups excluding carboxylic acids is 1. The zero-order valence-electron chi connectivity index (χ0n) is 16.7. The van der Waals surface area contributed by atoms with Crippen LogP contribution in [0.3, 0.4) is 0 Å². The predicted octanol–water partition coefficient (Wildman–Crippen LogP) is 1.69. The van der Waals surface area contributed by atoms with Gasteiger partial charge in [-0.2, -0.15) is 0 Å². The van der Waals surface area contributed by atoms with Crippen molar-refractivity contribution < 1.29 is 14.6 Å². The molecule has 0 aromatic heterocycles. The molecule has 0 spiro atoms. The number of nitrogens with one attached hydrogen (secondary N) is 2. The van der Waals surface area contributed by atoms with Crippen LogP contribution in [-0.2, 0) is 4.79 Å². The number of hydrogen-bond donors (Lipinski definition) is 2. The van der Waals surface area contributed by atoms with Crippen LogP contribution >= 0.6 is 0 Å². The smallest absolute Gasteiger partial charge is 0.278 e. The second kappa shape index (κ2) is 9.68. The average Bonchev–Trinajstić information content (AvgIpc) is 2.74. The highest BCUT2D eigenvalue weighted by atomic mass is 16.6. The Labute approximate surface area is 166 Å². The predicted molar refractivity (Wildman–Crippen MR) is 110 cm³/mol. The minimum atomic E-state index is -0.378. The molecule has 1 aliphatic heterocycles. The lowest BCUT2D eigenvalue weighted by molar-refractivity contribution is -0.914. The van der Waals surface area contributed by atoms with Gasteiger partial charge in [-0.15, -0.1) is 0 Å². The van der Waals surface area contributed by atoms with Crippen LogP contribution in [0.15, 0.2) is 35.9 Å². The van der Waals surface area contributed by atoms with Crippen molar-refractivity contribution >= 4 is 17.3 Å². The number of nitro groups is 1. The minimum absolute atomic E-state index is 0.0562. The molecule has 0 saturated carbocycles. The molecule has 1 aromatic rings. The molecule has 1 fully saturated rings. The lowest BCUT2D eigenvalue weighted by atomic mass is 9.97. The van der Waals surface area contributed by atoms with Crippen molar-refractivity contribution in [1.82, 2.24) is 5.32 Å². The number of anilines is 1. The maximum atomic E-state index is 12.5. The van der Waals surface area contributed by atoms with Crippen molar-refractivity contribution in [2.75, 3.05) is 37.6 Å². The molecule has 0 radical (unpaired) electrons. The molecule has 1 heterocycles. The highest BCUT2D eigenvalue weighted by Crippen LogP contribution is 2.20. The topological polar surface area (TPSA) is 79.9 Å². The fourth-order valence-corrected chi connectivity index (χ4v) is 4.09. The Balaban J connectivity index is 1.42. The first-order valence-corrected chi connectivity index (χ1v) is 10.3. The zero-order chi connectivity index (χ0) is 19.9. The van der Waals surface area contributed by atoms with Gasteiger partial charge in [-0.25, -0.2) is 0 Å². The standard InChI is InChI=1S/C21H30N4O3/c1-17(21(26)22-12-11-18-5-3-2-4-6-18)23-13-15-24(16-14-23)19-7-9-20(10-8-19)25(27)28/h5,7-10,17H,2-4,6,11-16H2,1H3,(H,22,26)/p+1/t17-/m0/s1. The zero-order valence-corrected chi connectivity index (χ0v) is 16.7. The number of nitro benzene ring substituents is 1. The van der Waals surface area contributed by atoms with E-state index in [0.29, 0.717) is 0 Å². The number of non-ortho nitro benzene ring substituents is 1. The van der Waals surface area contributed by atoms with E-state index in [1.807, 2.05) is 6.92 Å². The maximum absolute atomic E-state index is 12.5. The van der Waals surface area contributed by atoms with Crippen LogP contribution in [0.2, 0.25) is 0 Å². The first-order chi connectivity index (χ1) is 13.5. The lowest BCUT2D eigenvalue weighted by Crippen LogP contribution is -3.19. The van der Waals surface area contributed by atoms with Crippen molar-refractivity contribution in [3.05, 3.63) is 46.0 Å². The average molecular weight is 388 g/mol. The fourth-order valence-electron chi connectivity index (χ4n) is 4.09. The fraction of sp³-hybridized carbons (Fsp3) is 0.571. The highest BCUT2D eigenvalue weighted by Gasteiger charge is 2.29. The van der Waals surface area contributed by atoms with Gasteiger partial charge in [0.2, 0.25) is 0 Å². The summed E-state index contributed by atoms with van der Waals surface area (Å²) in [6, 6.07) is 6.65. The largest absolute Gasteiger partial charge is 0.360 e. The maximum Gasteiger partial charge on any atom is 0.278 e. The van der Waals surface area contributed by atoms with Gasteiger partial charge in [-0.05, 0) is 51.2 Å². The van der Waals surface area contributed by atoms with Gasteiger partial charge < -0.3 is 15.1 Å². The summed E-state index contributed by atoms with van der Waals surface area (Å²) in [5.74, 6) is 0.134. The van der Waals surface area contributed by atoms with E-state index < -0.39 is 0 Å². The number of rotatable bonds is 7. The number of benzene rings is 1. The first kappa shape index (κ1) is 20.3. The van der Waals surface area contributed by atoms with E-state index in [1.165, 1.54) is 36.2 Å². The van der Waals surface area contributed by atoms with Crippen LogP contribution in [0, 0.1) is 10.1 Å². The molecule has 7 heteroatoms. The van der Waals surface area contributed by atoms with Crippen molar-refractivity contribution in [3.8, 4) is 0 Å². The Morgan fingerprint density at radius 2 is 1.96 bits per heavy atom. The second-order valence-corrected chi connectivity index (χ2v) is 7.79. The summed E-state index contributed by atoms with van der Waals surface area (Å²) in [5, 5.41) is 13.9. The van der Waals surface area contributed by atoms with Gasteiger partial charge in [0.15, 0.2) is 6.04 Å². The lowest BCUT2D eigenvalue weighted by Gasteiger charge is -2.36. The minimum Gasteiger partial charge on any atom is -0.360 e. The summed E-state index contributed by atoms with van der Waals surface area (Å²) < 4.78 is 0. The van der Waals surface area contributed by atoms with E-state index in [4.69, 9.17) is 0 Å². The Bertz CT molecular complexity index is 709. The van der Waals surface area contributed by atoms with E-state index >= 15 is 0 Å². The summed E-state index contributed by atoms with van der Waals surface area (Å²) in [6.07, 6.45) is 8.25. The van der Waals surface area contributed by atoms with Gasteiger partial charge in [-0.3, -0.25) is 14.9 Å². The summed E-state index contributed by atoms with van der Waals surface area (Å²) in [4.78, 5) is 26.4. The molecular weight excluding hydrogens is 356 g/mol. The van der Waals surface area contributed by atoms with Crippen LogP contribution in [0.4, 0.5) is 11.4 Å². The molecule has 0 unspecified atom stereocenters. The normalized spacial score (nSPS) is 19.0. The third-order valence-electron chi connectivity index (χ3n) is 5.97. The van der Waals surface area contributed by atoms with Crippen LogP contribution in [-0.4, -0.2) is 49.6 Å². The van der Waals surface area contributed by atoms with Gasteiger partial charge in [0.1, 0.15) is 0 Å². The van der Waals surface area contributed by atoms with E-state index in [0.717, 1.165) is 44.8 Å². The van der Waals surface area contributed by atoms with Gasteiger partial charge in [0.25, 0.3) is 11.6 Å². The first-order valence-electron chi connectivity index (χ1n) is 10.3. The van der Waals surface area contributed by atoms with Crippen molar-refractivity contribution in [2.45, 2.75) is 45.1 Å². The van der Waals surface area contributed by atoms with Crippen LogP contribution in [0.1, 0.15) is 39.0 Å².